The van der Waals surface area contributed by atoms with Crippen molar-refractivity contribution in [3.8, 4) is 0 Å². The van der Waals surface area contributed by atoms with Crippen LogP contribution in [0.25, 0.3) is 0 Å². The third-order valence-electron chi connectivity index (χ3n) is 1.27. The van der Waals surface area contributed by atoms with Crippen LogP contribution in [0.1, 0.15) is 5.56 Å². The molecule has 66 valence electrons. The van der Waals surface area contributed by atoms with Gasteiger partial charge in [0.2, 0.25) is 0 Å². The van der Waals surface area contributed by atoms with Gasteiger partial charge in [-0.2, -0.15) is 0 Å². The molecule has 0 radical (unpaired) electrons. The molecule has 0 bridgehead atoms. The van der Waals surface area contributed by atoms with E-state index in [0.29, 0.717) is 0 Å². The largest absolute Gasteiger partial charge is 1.00 e. The van der Waals surface area contributed by atoms with E-state index in [1.807, 2.05) is 0 Å². The van der Waals surface area contributed by atoms with Gasteiger partial charge in [-0.15, -0.1) is 0 Å². The fourth-order valence-electron chi connectivity index (χ4n) is 0.749. The predicted octanol–water partition coefficient (Wildman–Crippen LogP) is -3.29. The van der Waals surface area contributed by atoms with E-state index in [9.17, 15) is 13.0 Å². The summed E-state index contributed by atoms with van der Waals surface area (Å²) in [6.07, 6.45) is 2.70. The Morgan fingerprint density at radius 2 is 2.15 bits per heavy atom. The summed E-state index contributed by atoms with van der Waals surface area (Å²) >= 11 is 0. The van der Waals surface area contributed by atoms with Crippen LogP contribution in [-0.2, 0) is 15.9 Å². The molecule has 0 fully saturated rings. The minimum Gasteiger partial charge on any atom is -0.748 e. The third-order valence-corrected chi connectivity index (χ3v) is 1.94. The van der Waals surface area contributed by atoms with E-state index >= 15 is 0 Å². The summed E-state index contributed by atoms with van der Waals surface area (Å²) in [5, 5.41) is 0. The molecule has 0 unspecified atom stereocenters. The topological polar surface area (TPSA) is 96.1 Å². The minimum absolute atomic E-state index is 0. The summed E-state index contributed by atoms with van der Waals surface area (Å²) in [4.78, 5) is 3.65. The number of nitrogens with two attached hydrogens (primary N) is 1. The minimum atomic E-state index is -4.27. The van der Waals surface area contributed by atoms with Crippen LogP contribution in [-0.4, -0.2) is 18.0 Å². The number of hydrogen-bond acceptors (Lipinski definition) is 5. The fourth-order valence-corrected chi connectivity index (χ4v) is 1.37. The summed E-state index contributed by atoms with van der Waals surface area (Å²) in [6.45, 7) is 0. The Bertz CT molecular complexity index is 379. The second kappa shape index (κ2) is 4.92. The first-order valence-electron chi connectivity index (χ1n) is 3.11. The van der Waals surface area contributed by atoms with Gasteiger partial charge in [-0.1, -0.05) is 0 Å². The maximum absolute atomic E-state index is 10.3. The van der Waals surface area contributed by atoms with Gasteiger partial charge in [0.1, 0.15) is 0 Å². The Morgan fingerprint density at radius 1 is 1.54 bits per heavy atom. The van der Waals surface area contributed by atoms with E-state index in [-0.39, 0.29) is 40.8 Å². The van der Waals surface area contributed by atoms with Gasteiger partial charge < -0.3 is 10.3 Å². The molecule has 1 aromatic rings. The van der Waals surface area contributed by atoms with E-state index in [1.165, 1.54) is 18.5 Å². The second-order valence-electron chi connectivity index (χ2n) is 2.28. The molecule has 0 saturated heterocycles. The summed E-state index contributed by atoms with van der Waals surface area (Å²) in [5.74, 6) is -0.604. The predicted molar refractivity (Wildman–Crippen MR) is 42.1 cm³/mol. The maximum Gasteiger partial charge on any atom is 1.00 e. The molecule has 0 aliphatic rings. The van der Waals surface area contributed by atoms with Crippen LogP contribution in [0.15, 0.2) is 18.5 Å². The first kappa shape index (κ1) is 12.9. The SMILES string of the molecule is Nc1ccncc1CS(=O)(=O)[O-].[Na+]. The molecule has 1 rings (SSSR count). The molecule has 1 heterocycles. The van der Waals surface area contributed by atoms with Gasteiger partial charge >= 0.3 is 29.6 Å². The molecule has 0 saturated carbocycles. The average Bonchev–Trinajstić information content (AvgIpc) is 1.91. The maximum atomic E-state index is 10.3. The molecular weight excluding hydrogens is 203 g/mol. The fraction of sp³-hybridized carbons (Fsp3) is 0.167. The Balaban J connectivity index is 0.00000144. The zero-order valence-corrected chi connectivity index (χ0v) is 9.91. The van der Waals surface area contributed by atoms with Crippen molar-refractivity contribution in [2.45, 2.75) is 5.75 Å². The molecular formula is C6H7N2NaO3S. The molecule has 0 aliphatic heterocycles. The normalized spacial score (nSPS) is 10.5. The van der Waals surface area contributed by atoms with E-state index in [1.54, 1.807) is 0 Å². The van der Waals surface area contributed by atoms with Gasteiger partial charge in [-0.05, 0) is 6.07 Å². The van der Waals surface area contributed by atoms with Crippen LogP contribution in [0.3, 0.4) is 0 Å². The van der Waals surface area contributed by atoms with Gasteiger partial charge in [0.05, 0.1) is 15.9 Å². The second-order valence-corrected chi connectivity index (χ2v) is 3.68. The molecule has 0 aromatic carbocycles. The van der Waals surface area contributed by atoms with Crippen molar-refractivity contribution in [1.82, 2.24) is 4.98 Å². The van der Waals surface area contributed by atoms with E-state index < -0.39 is 15.9 Å². The van der Waals surface area contributed by atoms with Crippen molar-refractivity contribution in [2.24, 2.45) is 0 Å². The number of nitrogen functional groups attached to an aromatic ring is 1. The summed E-state index contributed by atoms with van der Waals surface area (Å²) in [6, 6.07) is 1.44. The number of pyridine rings is 1. The Labute approximate surface area is 98.4 Å². The molecule has 13 heavy (non-hydrogen) atoms. The van der Waals surface area contributed by atoms with Crippen LogP contribution < -0.4 is 35.3 Å². The van der Waals surface area contributed by atoms with Crippen molar-refractivity contribution in [3.63, 3.8) is 0 Å². The van der Waals surface area contributed by atoms with Gasteiger partial charge in [-0.3, -0.25) is 4.98 Å². The molecule has 0 spiro atoms. The van der Waals surface area contributed by atoms with E-state index in [4.69, 9.17) is 5.73 Å². The summed E-state index contributed by atoms with van der Waals surface area (Å²) in [7, 11) is -4.27. The quantitative estimate of drug-likeness (QED) is 0.407. The summed E-state index contributed by atoms with van der Waals surface area (Å²) in [5.41, 5.74) is 5.90. The first-order chi connectivity index (χ1) is 5.49. The standard InChI is InChI=1S/C6H8N2O3S.Na/c7-6-1-2-8-3-5(6)4-12(9,10)11;/h1-3H,4H2,(H2,7,8)(H,9,10,11);/q;+1/p-1. The Morgan fingerprint density at radius 3 is 2.62 bits per heavy atom. The summed E-state index contributed by atoms with van der Waals surface area (Å²) < 4.78 is 30.9. The number of nitrogens with zero attached hydrogens (tertiary/aromatic N) is 1. The number of hydrogen-bond donors (Lipinski definition) is 1. The van der Waals surface area contributed by atoms with Crippen molar-refractivity contribution in [1.29, 1.82) is 0 Å². The van der Waals surface area contributed by atoms with Crippen molar-refractivity contribution in [2.75, 3.05) is 5.73 Å². The van der Waals surface area contributed by atoms with Crippen LogP contribution in [0.2, 0.25) is 0 Å². The zero-order valence-electron chi connectivity index (χ0n) is 7.10. The monoisotopic (exact) mass is 210 g/mol. The van der Waals surface area contributed by atoms with Crippen LogP contribution in [0.4, 0.5) is 5.69 Å². The number of aromatic nitrogens is 1. The molecule has 1 aromatic heterocycles. The Hall–Kier alpha value is -0.140. The molecule has 7 heteroatoms. The van der Waals surface area contributed by atoms with E-state index in [0.717, 1.165) is 0 Å². The zero-order chi connectivity index (χ0) is 9.19. The van der Waals surface area contributed by atoms with Gasteiger partial charge in [0.15, 0.2) is 0 Å². The van der Waals surface area contributed by atoms with Crippen molar-refractivity contribution in [3.05, 3.63) is 24.0 Å². The molecule has 2 N–H and O–H groups in total. The van der Waals surface area contributed by atoms with Crippen LogP contribution >= 0.6 is 0 Å². The van der Waals surface area contributed by atoms with E-state index in [2.05, 4.69) is 4.98 Å². The average molecular weight is 210 g/mol. The molecule has 5 nitrogen and oxygen atoms in total. The van der Waals surface area contributed by atoms with Crippen LogP contribution in [0, 0.1) is 0 Å². The van der Waals surface area contributed by atoms with Crippen molar-refractivity contribution < 1.29 is 42.5 Å². The van der Waals surface area contributed by atoms with Gasteiger partial charge in [-0.25, -0.2) is 8.42 Å². The van der Waals surface area contributed by atoms with Gasteiger partial charge in [0.25, 0.3) is 0 Å². The van der Waals surface area contributed by atoms with Gasteiger partial charge in [0, 0.05) is 23.6 Å². The molecule has 0 amide bonds. The molecule has 0 aliphatic carbocycles. The number of anilines is 1. The Kier molecular flexibility index (Phi) is 4.87. The number of rotatable bonds is 2. The third kappa shape index (κ3) is 4.58. The first-order valence-corrected chi connectivity index (χ1v) is 4.69. The van der Waals surface area contributed by atoms with Crippen molar-refractivity contribution >= 4 is 15.8 Å². The smallest absolute Gasteiger partial charge is 0.748 e. The molecule has 0 atom stereocenters. The van der Waals surface area contributed by atoms with Crippen LogP contribution in [0.5, 0.6) is 0 Å².